The highest BCUT2D eigenvalue weighted by molar-refractivity contribution is 9.10. The van der Waals surface area contributed by atoms with E-state index in [1.165, 1.54) is 0 Å². The van der Waals surface area contributed by atoms with E-state index in [2.05, 4.69) is 52.5 Å². The largest absolute Gasteiger partial charge is 0.490 e. The molecule has 0 N–H and O–H groups in total. The molecule has 0 unspecified atom stereocenters. The Bertz CT molecular complexity index is 1180. The summed E-state index contributed by atoms with van der Waals surface area (Å²) in [7, 11) is 0. The zero-order valence-corrected chi connectivity index (χ0v) is 18.9. The third-order valence-corrected chi connectivity index (χ3v) is 5.49. The predicted octanol–water partition coefficient (Wildman–Crippen LogP) is 6.34. The summed E-state index contributed by atoms with van der Waals surface area (Å²) in [4.78, 5) is 10.0. The highest BCUT2D eigenvalue weighted by Gasteiger charge is 2.17. The summed E-state index contributed by atoms with van der Waals surface area (Å²) in [6.45, 7) is 10.5. The maximum atomic E-state index is 5.79. The first-order chi connectivity index (χ1) is 14.0. The Kier molecular flexibility index (Phi) is 5.63. The first-order valence-corrected chi connectivity index (χ1v) is 11.0. The van der Waals surface area contributed by atoms with Crippen molar-refractivity contribution >= 4 is 49.0 Å². The first-order valence-electron chi connectivity index (χ1n) is 10.2. The van der Waals surface area contributed by atoms with Gasteiger partial charge in [-0.1, -0.05) is 29.8 Å². The molecule has 0 fully saturated rings. The van der Waals surface area contributed by atoms with Crippen molar-refractivity contribution in [2.45, 2.75) is 40.7 Å². The topological polar surface area (TPSA) is 49.2 Å². The molecule has 0 spiro atoms. The molecular weight excluding hydrogens is 430 g/mol. The number of hydrogen-bond acceptors (Lipinski definition) is 4. The number of ether oxygens (including phenoxy) is 2. The average Bonchev–Trinajstić information content (AvgIpc) is 2.97. The monoisotopic (exact) mass is 455 g/mol. The molecule has 0 aliphatic heterocycles. The number of benzene rings is 2. The fourth-order valence-corrected chi connectivity index (χ4v) is 3.98. The standard InChI is InChI=1S/C23H26BrN3O2/c1-5-28-20-12-17-18(13-21(20)29-6-2)26-23-22(25-17)16-11-15(24)7-8-19(16)27(23)10-9-14(3)4/h7-8,11-14H,5-6,9-10H2,1-4H3. The van der Waals surface area contributed by atoms with Crippen LogP contribution in [0.5, 0.6) is 11.5 Å². The predicted molar refractivity (Wildman–Crippen MR) is 122 cm³/mol. The van der Waals surface area contributed by atoms with Crippen LogP contribution in [0.3, 0.4) is 0 Å². The lowest BCUT2D eigenvalue weighted by Gasteiger charge is -2.12. The van der Waals surface area contributed by atoms with Gasteiger partial charge in [0.05, 0.1) is 29.8 Å². The Balaban J connectivity index is 2.00. The van der Waals surface area contributed by atoms with Gasteiger partial charge in [0.25, 0.3) is 0 Å². The number of nitrogens with zero attached hydrogens (tertiary/aromatic N) is 3. The van der Waals surface area contributed by atoms with Crippen LogP contribution in [0, 0.1) is 5.92 Å². The first kappa shape index (κ1) is 20.0. The van der Waals surface area contributed by atoms with Crippen LogP contribution in [0.15, 0.2) is 34.8 Å². The van der Waals surface area contributed by atoms with Gasteiger partial charge in [0.1, 0.15) is 5.52 Å². The van der Waals surface area contributed by atoms with Crippen molar-refractivity contribution < 1.29 is 9.47 Å². The average molecular weight is 456 g/mol. The molecule has 4 rings (SSSR count). The number of halogens is 1. The molecule has 5 nitrogen and oxygen atoms in total. The van der Waals surface area contributed by atoms with Gasteiger partial charge in [0, 0.05) is 28.5 Å². The van der Waals surface area contributed by atoms with Crippen LogP contribution < -0.4 is 9.47 Å². The van der Waals surface area contributed by atoms with E-state index < -0.39 is 0 Å². The summed E-state index contributed by atoms with van der Waals surface area (Å²) >= 11 is 3.60. The van der Waals surface area contributed by atoms with E-state index in [4.69, 9.17) is 19.4 Å². The minimum atomic E-state index is 0.572. The Hall–Kier alpha value is -2.34. The zero-order valence-electron chi connectivity index (χ0n) is 17.3. The second-order valence-electron chi connectivity index (χ2n) is 7.55. The van der Waals surface area contributed by atoms with Gasteiger partial charge < -0.3 is 14.0 Å². The molecule has 4 aromatic rings. The van der Waals surface area contributed by atoms with E-state index in [-0.39, 0.29) is 0 Å². The molecule has 0 amide bonds. The van der Waals surface area contributed by atoms with Gasteiger partial charge in [0.15, 0.2) is 17.1 Å². The van der Waals surface area contributed by atoms with Crippen LogP contribution in [-0.2, 0) is 6.54 Å². The molecule has 0 radical (unpaired) electrons. The van der Waals surface area contributed by atoms with Crippen LogP contribution in [-0.4, -0.2) is 27.7 Å². The fraction of sp³-hybridized carbons (Fsp3) is 0.391. The maximum Gasteiger partial charge on any atom is 0.163 e. The van der Waals surface area contributed by atoms with Crippen LogP contribution >= 0.6 is 15.9 Å². The van der Waals surface area contributed by atoms with Gasteiger partial charge in [-0.15, -0.1) is 0 Å². The molecule has 0 atom stereocenters. The number of aryl methyl sites for hydroxylation is 1. The van der Waals surface area contributed by atoms with Gasteiger partial charge in [-0.2, -0.15) is 0 Å². The van der Waals surface area contributed by atoms with Crippen molar-refractivity contribution in [2.24, 2.45) is 5.92 Å². The Morgan fingerprint density at radius 3 is 2.24 bits per heavy atom. The molecule has 0 aliphatic carbocycles. The zero-order chi connectivity index (χ0) is 20.5. The lowest BCUT2D eigenvalue weighted by molar-refractivity contribution is 0.288. The highest BCUT2D eigenvalue weighted by atomic mass is 79.9. The molecule has 0 saturated heterocycles. The summed E-state index contributed by atoms with van der Waals surface area (Å²) in [5.41, 5.74) is 4.63. The van der Waals surface area contributed by atoms with Crippen molar-refractivity contribution in [3.05, 3.63) is 34.8 Å². The number of fused-ring (bicyclic) bond motifs is 4. The molecular formula is C23H26BrN3O2. The van der Waals surface area contributed by atoms with Gasteiger partial charge in [-0.05, 0) is 44.4 Å². The van der Waals surface area contributed by atoms with E-state index in [0.29, 0.717) is 30.6 Å². The van der Waals surface area contributed by atoms with Crippen LogP contribution in [0.1, 0.15) is 34.1 Å². The van der Waals surface area contributed by atoms with Gasteiger partial charge in [-0.3, -0.25) is 0 Å². The number of rotatable bonds is 7. The molecule has 2 aromatic carbocycles. The normalized spacial score (nSPS) is 11.8. The summed E-state index contributed by atoms with van der Waals surface area (Å²) in [5.74, 6) is 2.04. The number of hydrogen-bond donors (Lipinski definition) is 0. The molecule has 2 heterocycles. The molecule has 0 bridgehead atoms. The van der Waals surface area contributed by atoms with Crippen LogP contribution in [0.25, 0.3) is 33.1 Å². The molecule has 0 saturated carbocycles. The van der Waals surface area contributed by atoms with E-state index in [1.807, 2.05) is 26.0 Å². The van der Waals surface area contributed by atoms with Gasteiger partial charge in [-0.25, -0.2) is 9.97 Å². The van der Waals surface area contributed by atoms with Crippen molar-refractivity contribution in [1.82, 2.24) is 14.5 Å². The third kappa shape index (κ3) is 3.78. The lowest BCUT2D eigenvalue weighted by Crippen LogP contribution is -2.03. The molecule has 6 heteroatoms. The minimum absolute atomic E-state index is 0.572. The molecule has 0 aliphatic rings. The highest BCUT2D eigenvalue weighted by Crippen LogP contribution is 2.35. The van der Waals surface area contributed by atoms with E-state index in [9.17, 15) is 0 Å². The fourth-order valence-electron chi connectivity index (χ4n) is 3.62. The minimum Gasteiger partial charge on any atom is -0.490 e. The van der Waals surface area contributed by atoms with E-state index in [1.54, 1.807) is 0 Å². The van der Waals surface area contributed by atoms with E-state index in [0.717, 1.165) is 50.5 Å². The van der Waals surface area contributed by atoms with E-state index >= 15 is 0 Å². The smallest absolute Gasteiger partial charge is 0.163 e. The van der Waals surface area contributed by atoms with Crippen molar-refractivity contribution in [2.75, 3.05) is 13.2 Å². The summed E-state index contributed by atoms with van der Waals surface area (Å²) in [5, 5.41) is 1.11. The second-order valence-corrected chi connectivity index (χ2v) is 8.46. The summed E-state index contributed by atoms with van der Waals surface area (Å²) in [6.07, 6.45) is 1.09. The second kappa shape index (κ2) is 8.19. The quantitative estimate of drug-likeness (QED) is 0.326. The van der Waals surface area contributed by atoms with Gasteiger partial charge >= 0.3 is 0 Å². The SMILES string of the molecule is CCOc1cc2nc3c4cc(Br)ccc4n(CCC(C)C)c3nc2cc1OCC. The Labute approximate surface area is 179 Å². The van der Waals surface area contributed by atoms with Crippen molar-refractivity contribution in [1.29, 1.82) is 0 Å². The number of aromatic nitrogens is 3. The summed E-state index contributed by atoms with van der Waals surface area (Å²) in [6, 6.07) is 10.2. The van der Waals surface area contributed by atoms with Crippen LogP contribution in [0.4, 0.5) is 0 Å². The van der Waals surface area contributed by atoms with Crippen molar-refractivity contribution in [3.8, 4) is 11.5 Å². The molecule has 152 valence electrons. The van der Waals surface area contributed by atoms with Crippen molar-refractivity contribution in [3.63, 3.8) is 0 Å². The van der Waals surface area contributed by atoms with Crippen LogP contribution in [0.2, 0.25) is 0 Å². The lowest BCUT2D eigenvalue weighted by atomic mass is 10.1. The van der Waals surface area contributed by atoms with Gasteiger partial charge in [0.2, 0.25) is 0 Å². The molecule has 2 aromatic heterocycles. The molecule has 29 heavy (non-hydrogen) atoms. The maximum absolute atomic E-state index is 5.79. The Morgan fingerprint density at radius 1 is 0.966 bits per heavy atom. The third-order valence-electron chi connectivity index (χ3n) is 5.00. The summed E-state index contributed by atoms with van der Waals surface area (Å²) < 4.78 is 14.9. The Morgan fingerprint density at radius 2 is 1.62 bits per heavy atom.